The third-order valence-electron chi connectivity index (χ3n) is 3.65. The second kappa shape index (κ2) is 6.70. The third kappa shape index (κ3) is 4.30. The fourth-order valence-corrected chi connectivity index (χ4v) is 3.62. The number of nitrogens with one attached hydrogen (secondary N) is 2. The van der Waals surface area contributed by atoms with Crippen LogP contribution in [0.15, 0.2) is 24.3 Å². The molecule has 112 valence electrons. The summed E-state index contributed by atoms with van der Waals surface area (Å²) in [5.41, 5.74) is 2.63. The van der Waals surface area contributed by atoms with E-state index >= 15 is 0 Å². The summed E-state index contributed by atoms with van der Waals surface area (Å²) in [6.07, 6.45) is 1.63. The molecule has 2 rings (SSSR count). The van der Waals surface area contributed by atoms with Crippen LogP contribution in [0.2, 0.25) is 0 Å². The van der Waals surface area contributed by atoms with Gasteiger partial charge in [0.05, 0.1) is 5.75 Å². The summed E-state index contributed by atoms with van der Waals surface area (Å²) in [5, 5.41) is 3.23. The Balaban J connectivity index is 1.71. The van der Waals surface area contributed by atoms with Crippen molar-refractivity contribution in [2.45, 2.75) is 38.6 Å². The van der Waals surface area contributed by atoms with Gasteiger partial charge in [0.1, 0.15) is 0 Å². The average Bonchev–Trinajstić information content (AvgIpc) is 2.35. The minimum Gasteiger partial charge on any atom is -0.314 e. The van der Waals surface area contributed by atoms with Crippen LogP contribution in [-0.4, -0.2) is 33.3 Å². The topological polar surface area (TPSA) is 58.2 Å². The molecule has 0 fully saturated rings. The van der Waals surface area contributed by atoms with Gasteiger partial charge in [-0.05, 0) is 30.5 Å². The van der Waals surface area contributed by atoms with Crippen LogP contribution in [0.25, 0.3) is 0 Å². The Morgan fingerprint density at radius 1 is 1.30 bits per heavy atom. The van der Waals surface area contributed by atoms with Crippen molar-refractivity contribution in [3.63, 3.8) is 0 Å². The van der Waals surface area contributed by atoms with E-state index in [2.05, 4.69) is 36.0 Å². The van der Waals surface area contributed by atoms with Crippen molar-refractivity contribution < 1.29 is 8.42 Å². The van der Waals surface area contributed by atoms with Gasteiger partial charge in [0.2, 0.25) is 10.0 Å². The molecule has 1 aromatic carbocycles. The van der Waals surface area contributed by atoms with E-state index in [9.17, 15) is 8.42 Å². The Morgan fingerprint density at radius 3 is 2.75 bits per heavy atom. The van der Waals surface area contributed by atoms with Crippen LogP contribution in [-0.2, 0) is 16.4 Å². The Bertz CT molecular complexity index is 541. The van der Waals surface area contributed by atoms with E-state index in [1.165, 1.54) is 11.1 Å². The summed E-state index contributed by atoms with van der Waals surface area (Å²) in [4.78, 5) is 0. The zero-order valence-electron chi connectivity index (χ0n) is 12.2. The predicted octanol–water partition coefficient (Wildman–Crippen LogP) is 1.63. The van der Waals surface area contributed by atoms with Crippen molar-refractivity contribution >= 4 is 10.0 Å². The summed E-state index contributed by atoms with van der Waals surface area (Å²) in [5.74, 6) is 0.538. The molecule has 0 saturated carbocycles. The maximum absolute atomic E-state index is 11.9. The summed E-state index contributed by atoms with van der Waals surface area (Å²) in [7, 11) is -3.14. The smallest absolute Gasteiger partial charge is 0.211 e. The van der Waals surface area contributed by atoms with Gasteiger partial charge in [0, 0.05) is 18.5 Å². The zero-order chi connectivity index (χ0) is 14.6. The molecule has 0 aliphatic heterocycles. The molecule has 1 aromatic rings. The van der Waals surface area contributed by atoms with Crippen LogP contribution in [0, 0.1) is 0 Å². The van der Waals surface area contributed by atoms with Crippen molar-refractivity contribution in [2.75, 3.05) is 18.8 Å². The SMILES string of the molecule is CC(C)NCCCS(=O)(=O)NCC1Cc2ccccc21. The standard InChI is InChI=1S/C15H24N2O2S/c1-12(2)16-8-5-9-20(18,19)17-11-14-10-13-6-3-4-7-15(13)14/h3-4,6-7,12,14,16-17H,5,8-11H2,1-2H3. The van der Waals surface area contributed by atoms with Gasteiger partial charge < -0.3 is 5.32 Å². The maximum Gasteiger partial charge on any atom is 0.211 e. The first-order valence-electron chi connectivity index (χ1n) is 7.26. The van der Waals surface area contributed by atoms with E-state index in [1.807, 2.05) is 12.1 Å². The average molecular weight is 296 g/mol. The van der Waals surface area contributed by atoms with E-state index < -0.39 is 10.0 Å². The van der Waals surface area contributed by atoms with Crippen molar-refractivity contribution in [3.05, 3.63) is 35.4 Å². The minimum atomic E-state index is -3.14. The molecule has 0 heterocycles. The van der Waals surface area contributed by atoms with Crippen molar-refractivity contribution in [3.8, 4) is 0 Å². The lowest BCUT2D eigenvalue weighted by Crippen LogP contribution is -2.35. The lowest BCUT2D eigenvalue weighted by atomic mass is 9.78. The van der Waals surface area contributed by atoms with Gasteiger partial charge in [-0.2, -0.15) is 0 Å². The third-order valence-corrected chi connectivity index (χ3v) is 5.09. The van der Waals surface area contributed by atoms with Crippen molar-refractivity contribution in [1.29, 1.82) is 0 Å². The lowest BCUT2D eigenvalue weighted by molar-refractivity contribution is 0.543. The second-order valence-electron chi connectivity index (χ2n) is 5.73. The van der Waals surface area contributed by atoms with Gasteiger partial charge in [0.25, 0.3) is 0 Å². The van der Waals surface area contributed by atoms with Crippen LogP contribution in [0.4, 0.5) is 0 Å². The number of fused-ring (bicyclic) bond motifs is 1. The molecule has 1 aliphatic rings. The number of hydrogen-bond donors (Lipinski definition) is 2. The summed E-state index contributed by atoms with van der Waals surface area (Å²) in [6, 6.07) is 8.64. The number of sulfonamides is 1. The Hall–Kier alpha value is -0.910. The van der Waals surface area contributed by atoms with E-state index in [4.69, 9.17) is 0 Å². The van der Waals surface area contributed by atoms with Crippen LogP contribution in [0.3, 0.4) is 0 Å². The molecule has 2 N–H and O–H groups in total. The molecule has 4 nitrogen and oxygen atoms in total. The van der Waals surface area contributed by atoms with Gasteiger partial charge in [-0.25, -0.2) is 13.1 Å². The number of hydrogen-bond acceptors (Lipinski definition) is 3. The largest absolute Gasteiger partial charge is 0.314 e. The monoisotopic (exact) mass is 296 g/mol. The summed E-state index contributed by atoms with van der Waals surface area (Å²) in [6.45, 7) is 5.38. The molecule has 0 amide bonds. The fourth-order valence-electron chi connectivity index (χ4n) is 2.50. The minimum absolute atomic E-state index is 0.196. The molecule has 0 saturated heterocycles. The highest BCUT2D eigenvalue weighted by molar-refractivity contribution is 7.89. The Labute approximate surface area is 122 Å². The van der Waals surface area contributed by atoms with Gasteiger partial charge in [-0.3, -0.25) is 0 Å². The maximum atomic E-state index is 11.9. The van der Waals surface area contributed by atoms with Crippen molar-refractivity contribution in [1.82, 2.24) is 10.0 Å². The normalized spacial score (nSPS) is 17.9. The van der Waals surface area contributed by atoms with E-state index in [1.54, 1.807) is 0 Å². The number of rotatable bonds is 8. The first kappa shape index (κ1) is 15.5. The van der Waals surface area contributed by atoms with E-state index in [-0.39, 0.29) is 5.75 Å². The molecule has 0 bridgehead atoms. The second-order valence-corrected chi connectivity index (χ2v) is 7.66. The quantitative estimate of drug-likeness (QED) is 0.717. The zero-order valence-corrected chi connectivity index (χ0v) is 13.0. The molecular formula is C15H24N2O2S. The molecular weight excluding hydrogens is 272 g/mol. The van der Waals surface area contributed by atoms with Crippen LogP contribution in [0.1, 0.15) is 37.3 Å². The van der Waals surface area contributed by atoms with Crippen LogP contribution in [0.5, 0.6) is 0 Å². The number of benzene rings is 1. The fraction of sp³-hybridized carbons (Fsp3) is 0.600. The molecule has 1 aliphatic carbocycles. The molecule has 1 unspecified atom stereocenters. The summed E-state index contributed by atoms with van der Waals surface area (Å²) >= 11 is 0. The van der Waals surface area contributed by atoms with Crippen LogP contribution >= 0.6 is 0 Å². The highest BCUT2D eigenvalue weighted by Crippen LogP contribution is 2.34. The van der Waals surface area contributed by atoms with Crippen molar-refractivity contribution in [2.24, 2.45) is 0 Å². The highest BCUT2D eigenvalue weighted by atomic mass is 32.2. The Morgan fingerprint density at radius 2 is 2.05 bits per heavy atom. The molecule has 5 heteroatoms. The van der Waals surface area contributed by atoms with E-state index in [0.29, 0.717) is 24.9 Å². The van der Waals surface area contributed by atoms with Crippen LogP contribution < -0.4 is 10.0 Å². The first-order valence-corrected chi connectivity index (χ1v) is 8.91. The lowest BCUT2D eigenvalue weighted by Gasteiger charge is -2.30. The van der Waals surface area contributed by atoms with Gasteiger partial charge in [-0.1, -0.05) is 38.1 Å². The Kier molecular flexibility index (Phi) is 5.18. The highest BCUT2D eigenvalue weighted by Gasteiger charge is 2.26. The molecule has 20 heavy (non-hydrogen) atoms. The first-order chi connectivity index (χ1) is 9.48. The van der Waals surface area contributed by atoms with Gasteiger partial charge >= 0.3 is 0 Å². The molecule has 0 aromatic heterocycles. The van der Waals surface area contributed by atoms with Gasteiger partial charge in [0.15, 0.2) is 0 Å². The van der Waals surface area contributed by atoms with Gasteiger partial charge in [-0.15, -0.1) is 0 Å². The summed E-state index contributed by atoms with van der Waals surface area (Å²) < 4.78 is 26.5. The predicted molar refractivity (Wildman–Crippen MR) is 82.4 cm³/mol. The molecule has 0 radical (unpaired) electrons. The van der Waals surface area contributed by atoms with E-state index in [0.717, 1.165) is 13.0 Å². The molecule has 1 atom stereocenters. The molecule has 0 spiro atoms.